The van der Waals surface area contributed by atoms with Gasteiger partial charge >= 0.3 is 0 Å². The van der Waals surface area contributed by atoms with Crippen LogP contribution < -0.4 is 10.6 Å². The van der Waals surface area contributed by atoms with Crippen LogP contribution in [0.1, 0.15) is 23.1 Å². The van der Waals surface area contributed by atoms with E-state index in [4.69, 9.17) is 17.3 Å². The molecule has 1 aliphatic rings. The van der Waals surface area contributed by atoms with Crippen molar-refractivity contribution in [2.75, 3.05) is 11.4 Å². The van der Waals surface area contributed by atoms with E-state index in [0.29, 0.717) is 6.54 Å². The molecule has 0 aromatic heterocycles. The molecule has 0 saturated heterocycles. The van der Waals surface area contributed by atoms with Gasteiger partial charge < -0.3 is 10.6 Å². The number of aryl methyl sites for hydroxylation is 1. The summed E-state index contributed by atoms with van der Waals surface area (Å²) in [5.41, 5.74) is 10.8. The predicted octanol–water partition coefficient (Wildman–Crippen LogP) is 3.75. The number of anilines is 1. The van der Waals surface area contributed by atoms with Crippen molar-refractivity contribution in [1.82, 2.24) is 0 Å². The summed E-state index contributed by atoms with van der Waals surface area (Å²) < 4.78 is 0. The van der Waals surface area contributed by atoms with Crippen LogP contribution in [0.25, 0.3) is 0 Å². The van der Waals surface area contributed by atoms with Crippen molar-refractivity contribution >= 4 is 17.3 Å². The summed E-state index contributed by atoms with van der Waals surface area (Å²) in [5, 5.41) is 0.766. The van der Waals surface area contributed by atoms with E-state index in [1.807, 2.05) is 12.1 Å². The Kier molecular flexibility index (Phi) is 3.95. The minimum absolute atomic E-state index is 0.488. The zero-order chi connectivity index (χ0) is 13.9. The van der Waals surface area contributed by atoms with E-state index in [1.165, 1.54) is 23.2 Å². The molecule has 2 nitrogen and oxygen atoms in total. The van der Waals surface area contributed by atoms with Crippen molar-refractivity contribution in [3.8, 4) is 0 Å². The first-order chi connectivity index (χ1) is 9.78. The van der Waals surface area contributed by atoms with Crippen LogP contribution in [0.3, 0.4) is 0 Å². The third-order valence-corrected chi connectivity index (χ3v) is 4.33. The molecule has 2 N–H and O–H groups in total. The third-order valence-electron chi connectivity index (χ3n) is 3.98. The van der Waals surface area contributed by atoms with E-state index in [0.717, 1.165) is 30.1 Å². The van der Waals surface area contributed by atoms with Gasteiger partial charge in [0.1, 0.15) is 0 Å². The SMILES string of the molecule is NCc1ccc(N2CCCc3ccccc3C2)cc1Cl. The van der Waals surface area contributed by atoms with Gasteiger partial charge in [0.2, 0.25) is 0 Å². The molecule has 0 bridgehead atoms. The van der Waals surface area contributed by atoms with Gasteiger partial charge in [-0.25, -0.2) is 0 Å². The van der Waals surface area contributed by atoms with Gasteiger partial charge in [-0.1, -0.05) is 41.9 Å². The predicted molar refractivity (Wildman–Crippen MR) is 85.2 cm³/mol. The Labute approximate surface area is 125 Å². The maximum absolute atomic E-state index is 6.28. The van der Waals surface area contributed by atoms with Crippen LogP contribution in [0.4, 0.5) is 5.69 Å². The maximum atomic E-state index is 6.28. The van der Waals surface area contributed by atoms with Crippen LogP contribution in [0.2, 0.25) is 5.02 Å². The molecule has 2 aromatic carbocycles. The fourth-order valence-electron chi connectivity index (χ4n) is 2.82. The zero-order valence-electron chi connectivity index (χ0n) is 11.5. The Morgan fingerprint density at radius 3 is 2.65 bits per heavy atom. The highest BCUT2D eigenvalue weighted by Gasteiger charge is 2.15. The van der Waals surface area contributed by atoms with E-state index in [-0.39, 0.29) is 0 Å². The molecular formula is C17H19ClN2. The Morgan fingerprint density at radius 1 is 1.10 bits per heavy atom. The molecule has 0 unspecified atom stereocenters. The van der Waals surface area contributed by atoms with Crippen LogP contribution in [-0.4, -0.2) is 6.54 Å². The van der Waals surface area contributed by atoms with Crippen LogP contribution in [-0.2, 0) is 19.5 Å². The molecule has 3 heteroatoms. The zero-order valence-corrected chi connectivity index (χ0v) is 12.2. The van der Waals surface area contributed by atoms with Gasteiger partial charge in [-0.15, -0.1) is 0 Å². The number of rotatable bonds is 2. The average molecular weight is 287 g/mol. The van der Waals surface area contributed by atoms with Crippen molar-refractivity contribution < 1.29 is 0 Å². The summed E-state index contributed by atoms with van der Waals surface area (Å²) in [6.45, 7) is 2.50. The fraction of sp³-hybridized carbons (Fsp3) is 0.294. The molecular weight excluding hydrogens is 268 g/mol. The number of nitrogens with zero attached hydrogens (tertiary/aromatic N) is 1. The van der Waals surface area contributed by atoms with Crippen molar-refractivity contribution in [3.05, 3.63) is 64.2 Å². The van der Waals surface area contributed by atoms with E-state index in [9.17, 15) is 0 Å². The molecule has 20 heavy (non-hydrogen) atoms. The normalized spacial score (nSPS) is 14.8. The smallest absolute Gasteiger partial charge is 0.0471 e. The maximum Gasteiger partial charge on any atom is 0.0471 e. The van der Waals surface area contributed by atoms with Crippen molar-refractivity contribution in [1.29, 1.82) is 0 Å². The number of halogens is 1. The van der Waals surface area contributed by atoms with Crippen molar-refractivity contribution in [2.24, 2.45) is 5.73 Å². The highest BCUT2D eigenvalue weighted by Crippen LogP contribution is 2.27. The lowest BCUT2D eigenvalue weighted by Crippen LogP contribution is -2.22. The summed E-state index contributed by atoms with van der Waals surface area (Å²) in [5.74, 6) is 0. The van der Waals surface area contributed by atoms with Gasteiger partial charge in [0.15, 0.2) is 0 Å². The second-order valence-electron chi connectivity index (χ2n) is 5.27. The highest BCUT2D eigenvalue weighted by atomic mass is 35.5. The van der Waals surface area contributed by atoms with Crippen LogP contribution in [0.5, 0.6) is 0 Å². The van der Waals surface area contributed by atoms with Crippen LogP contribution in [0.15, 0.2) is 42.5 Å². The first-order valence-corrected chi connectivity index (χ1v) is 7.46. The van der Waals surface area contributed by atoms with Gasteiger partial charge in [-0.2, -0.15) is 0 Å². The molecule has 0 radical (unpaired) electrons. The monoisotopic (exact) mass is 286 g/mol. The minimum atomic E-state index is 0.488. The van der Waals surface area contributed by atoms with Gasteiger partial charge in [0, 0.05) is 30.3 Å². The van der Waals surface area contributed by atoms with Gasteiger partial charge in [-0.3, -0.25) is 0 Å². The molecule has 104 valence electrons. The summed E-state index contributed by atoms with van der Waals surface area (Å²) in [4.78, 5) is 2.40. The van der Waals surface area contributed by atoms with Crippen LogP contribution >= 0.6 is 11.6 Å². The first-order valence-electron chi connectivity index (χ1n) is 7.08. The number of hydrogen-bond donors (Lipinski definition) is 1. The molecule has 0 aliphatic carbocycles. The van der Waals surface area contributed by atoms with E-state index in [1.54, 1.807) is 0 Å². The molecule has 1 aliphatic heterocycles. The van der Waals surface area contributed by atoms with Gasteiger partial charge in [-0.05, 0) is 41.7 Å². The summed E-state index contributed by atoms with van der Waals surface area (Å²) >= 11 is 6.28. The van der Waals surface area contributed by atoms with E-state index in [2.05, 4.69) is 35.2 Å². The Balaban J connectivity index is 1.89. The number of fused-ring (bicyclic) bond motifs is 1. The third kappa shape index (κ3) is 2.67. The highest BCUT2D eigenvalue weighted by molar-refractivity contribution is 6.31. The van der Waals surface area contributed by atoms with Gasteiger partial charge in [0.25, 0.3) is 0 Å². The standard InChI is InChI=1S/C17H19ClN2/c18-17-10-16(8-7-14(17)11-19)20-9-3-6-13-4-1-2-5-15(13)12-20/h1-2,4-5,7-8,10H,3,6,9,11-12,19H2. The van der Waals surface area contributed by atoms with E-state index < -0.39 is 0 Å². The molecule has 0 atom stereocenters. The topological polar surface area (TPSA) is 29.3 Å². The summed E-state index contributed by atoms with van der Waals surface area (Å²) in [6.07, 6.45) is 2.33. The van der Waals surface area contributed by atoms with Gasteiger partial charge in [0.05, 0.1) is 0 Å². The first kappa shape index (κ1) is 13.5. The van der Waals surface area contributed by atoms with Crippen LogP contribution in [0, 0.1) is 0 Å². The molecule has 0 amide bonds. The Bertz CT molecular complexity index is 610. The average Bonchev–Trinajstić information content (AvgIpc) is 2.69. The quantitative estimate of drug-likeness (QED) is 0.911. The largest absolute Gasteiger partial charge is 0.367 e. The van der Waals surface area contributed by atoms with Crippen molar-refractivity contribution in [2.45, 2.75) is 25.9 Å². The number of nitrogens with two attached hydrogens (primary N) is 1. The number of hydrogen-bond acceptors (Lipinski definition) is 2. The lowest BCUT2D eigenvalue weighted by molar-refractivity contribution is 0.766. The number of benzene rings is 2. The Morgan fingerprint density at radius 2 is 1.90 bits per heavy atom. The summed E-state index contributed by atoms with van der Waals surface area (Å²) in [6, 6.07) is 14.9. The van der Waals surface area contributed by atoms with Crippen molar-refractivity contribution in [3.63, 3.8) is 0 Å². The second-order valence-corrected chi connectivity index (χ2v) is 5.68. The molecule has 0 fully saturated rings. The fourth-order valence-corrected chi connectivity index (χ4v) is 3.07. The molecule has 0 saturated carbocycles. The second kappa shape index (κ2) is 5.86. The molecule has 2 aromatic rings. The molecule has 1 heterocycles. The van der Waals surface area contributed by atoms with E-state index >= 15 is 0 Å². The Hall–Kier alpha value is -1.51. The molecule has 0 spiro atoms. The molecule has 3 rings (SSSR count). The lowest BCUT2D eigenvalue weighted by Gasteiger charge is -2.24. The lowest BCUT2D eigenvalue weighted by atomic mass is 10.0. The minimum Gasteiger partial charge on any atom is -0.367 e. The summed E-state index contributed by atoms with van der Waals surface area (Å²) in [7, 11) is 0.